The van der Waals surface area contributed by atoms with E-state index in [2.05, 4.69) is 25.6 Å². The van der Waals surface area contributed by atoms with Crippen molar-refractivity contribution in [3.8, 4) is 0 Å². The quantitative estimate of drug-likeness (QED) is 0.483. The van der Waals surface area contributed by atoms with E-state index < -0.39 is 30.4 Å². The van der Waals surface area contributed by atoms with Gasteiger partial charge in [-0.3, -0.25) is 0 Å². The van der Waals surface area contributed by atoms with Gasteiger partial charge in [-0.1, -0.05) is 12.8 Å². The third-order valence-electron chi connectivity index (χ3n) is 5.41. The summed E-state index contributed by atoms with van der Waals surface area (Å²) in [4.78, 5) is 23.8. The number of aliphatic hydroxyl groups is 2. The highest BCUT2D eigenvalue weighted by Gasteiger charge is 2.44. The summed E-state index contributed by atoms with van der Waals surface area (Å²) in [5.74, 6) is 0.545. The first-order chi connectivity index (χ1) is 12.9. The van der Waals surface area contributed by atoms with Crippen molar-refractivity contribution in [3.63, 3.8) is 0 Å². The predicted octanol–water partition coefficient (Wildman–Crippen LogP) is 1.14. The normalized spacial score (nSPS) is 28.7. The van der Waals surface area contributed by atoms with Gasteiger partial charge in [-0.25, -0.2) is 9.78 Å². The van der Waals surface area contributed by atoms with Gasteiger partial charge in [0, 0.05) is 6.04 Å². The number of hydrogen-bond acceptors (Lipinski definition) is 7. The lowest BCUT2D eigenvalue weighted by atomic mass is 10.2. The van der Waals surface area contributed by atoms with Crippen LogP contribution in [-0.2, 0) is 0 Å². The van der Waals surface area contributed by atoms with Crippen LogP contribution >= 0.6 is 11.6 Å². The Morgan fingerprint density at radius 1 is 1.22 bits per heavy atom. The van der Waals surface area contributed by atoms with Gasteiger partial charge in [0.2, 0.25) is 5.28 Å². The Balaban J connectivity index is 1.66. The van der Waals surface area contributed by atoms with Gasteiger partial charge in [0.25, 0.3) is 0 Å². The largest absolute Gasteiger partial charge is 0.465 e. The van der Waals surface area contributed by atoms with E-state index in [4.69, 9.17) is 16.7 Å². The standard InChI is InChI=1S/C16H21ClN6O4/c17-15-21-13(19-7-3-1-2-4-7)10-14(22-15)23(6-18-10)9-5-8(20-16(26)27)11(24)12(9)25/h6-9,11-12,20,24-25H,1-5H2,(H,26,27)(H,19,21,22)/t8-,9+,11+,12-/m0/s1. The molecule has 0 spiro atoms. The molecule has 4 atom stereocenters. The van der Waals surface area contributed by atoms with Crippen molar-refractivity contribution in [1.82, 2.24) is 24.8 Å². The van der Waals surface area contributed by atoms with Gasteiger partial charge in [-0.05, 0) is 30.9 Å². The average Bonchev–Trinajstić information content (AvgIpc) is 3.31. The van der Waals surface area contributed by atoms with Crippen LogP contribution in [0.5, 0.6) is 0 Å². The summed E-state index contributed by atoms with van der Waals surface area (Å²) in [6.07, 6.45) is 2.51. The second kappa shape index (κ2) is 7.10. The summed E-state index contributed by atoms with van der Waals surface area (Å²) < 4.78 is 1.63. The van der Waals surface area contributed by atoms with Crippen LogP contribution in [0, 0.1) is 0 Å². The molecule has 5 N–H and O–H groups in total. The van der Waals surface area contributed by atoms with E-state index >= 15 is 0 Å². The number of imidazole rings is 1. The lowest BCUT2D eigenvalue weighted by Gasteiger charge is -2.18. The molecule has 0 radical (unpaired) electrons. The summed E-state index contributed by atoms with van der Waals surface area (Å²) in [6.45, 7) is 0. The van der Waals surface area contributed by atoms with E-state index in [0.29, 0.717) is 23.0 Å². The zero-order valence-corrected chi connectivity index (χ0v) is 15.2. The van der Waals surface area contributed by atoms with Crippen LogP contribution < -0.4 is 10.6 Å². The minimum Gasteiger partial charge on any atom is -0.465 e. The lowest BCUT2D eigenvalue weighted by molar-refractivity contribution is 0.0146. The maximum atomic E-state index is 10.9. The number of aliphatic hydroxyl groups excluding tert-OH is 2. The maximum absolute atomic E-state index is 10.9. The predicted molar refractivity (Wildman–Crippen MR) is 96.8 cm³/mol. The summed E-state index contributed by atoms with van der Waals surface area (Å²) in [5.41, 5.74) is 0.963. The van der Waals surface area contributed by atoms with Gasteiger partial charge in [-0.2, -0.15) is 9.97 Å². The van der Waals surface area contributed by atoms with Crippen LogP contribution in [0.25, 0.3) is 11.2 Å². The van der Waals surface area contributed by atoms with Crippen LogP contribution in [0.1, 0.15) is 38.1 Å². The van der Waals surface area contributed by atoms with Gasteiger partial charge >= 0.3 is 6.09 Å². The van der Waals surface area contributed by atoms with E-state index in [9.17, 15) is 15.0 Å². The lowest BCUT2D eigenvalue weighted by Crippen LogP contribution is -2.42. The molecule has 2 fully saturated rings. The Kier molecular flexibility index (Phi) is 4.79. The van der Waals surface area contributed by atoms with E-state index in [0.717, 1.165) is 25.7 Å². The third kappa shape index (κ3) is 3.40. The number of aromatic nitrogens is 4. The summed E-state index contributed by atoms with van der Waals surface area (Å²) >= 11 is 6.10. The van der Waals surface area contributed by atoms with Gasteiger partial charge in [0.05, 0.1) is 18.4 Å². The Bertz CT molecular complexity index is 855. The SMILES string of the molecule is O=C(O)N[C@H]1C[C@@H](n2cnc3c(NC4CCCC4)nc(Cl)nc32)[C@H](O)[C@@H]1O. The van der Waals surface area contributed by atoms with Crippen molar-refractivity contribution < 1.29 is 20.1 Å². The number of nitrogens with one attached hydrogen (secondary N) is 2. The molecule has 0 aliphatic heterocycles. The molecule has 27 heavy (non-hydrogen) atoms. The number of carboxylic acid groups (broad SMARTS) is 1. The van der Waals surface area contributed by atoms with E-state index in [1.807, 2.05) is 0 Å². The van der Waals surface area contributed by atoms with E-state index in [1.54, 1.807) is 4.57 Å². The Morgan fingerprint density at radius 2 is 1.96 bits per heavy atom. The molecule has 1 amide bonds. The molecule has 11 heteroatoms. The Hall–Kier alpha value is -2.17. The minimum absolute atomic E-state index is 0.0537. The molecular weight excluding hydrogens is 376 g/mol. The van der Waals surface area contributed by atoms with Crippen LogP contribution in [0.3, 0.4) is 0 Å². The zero-order chi connectivity index (χ0) is 19.1. The number of halogens is 1. The molecule has 4 rings (SSSR count). The number of carbonyl (C=O) groups is 1. The van der Waals surface area contributed by atoms with E-state index in [1.165, 1.54) is 6.33 Å². The molecule has 0 unspecified atom stereocenters. The fraction of sp³-hybridized carbons (Fsp3) is 0.625. The van der Waals surface area contributed by atoms with Gasteiger partial charge in [0.1, 0.15) is 12.2 Å². The van der Waals surface area contributed by atoms with Crippen molar-refractivity contribution >= 4 is 34.7 Å². The van der Waals surface area contributed by atoms with Crippen molar-refractivity contribution in [2.24, 2.45) is 0 Å². The number of hydrogen-bond donors (Lipinski definition) is 5. The Morgan fingerprint density at radius 3 is 2.67 bits per heavy atom. The molecule has 2 heterocycles. The highest BCUT2D eigenvalue weighted by molar-refractivity contribution is 6.28. The molecule has 10 nitrogen and oxygen atoms in total. The van der Waals surface area contributed by atoms with Crippen LogP contribution in [0.4, 0.5) is 10.6 Å². The average molecular weight is 397 g/mol. The van der Waals surface area contributed by atoms with Crippen molar-refractivity contribution in [1.29, 1.82) is 0 Å². The number of fused-ring (bicyclic) bond motifs is 1. The molecule has 0 saturated heterocycles. The monoisotopic (exact) mass is 396 g/mol. The molecule has 2 aliphatic rings. The molecule has 2 aromatic rings. The number of amides is 1. The smallest absolute Gasteiger partial charge is 0.404 e. The number of nitrogens with zero attached hydrogens (tertiary/aromatic N) is 4. The van der Waals surface area contributed by atoms with Crippen LogP contribution in [0.2, 0.25) is 5.28 Å². The highest BCUT2D eigenvalue weighted by Crippen LogP contribution is 2.34. The highest BCUT2D eigenvalue weighted by atomic mass is 35.5. The first-order valence-electron chi connectivity index (χ1n) is 8.96. The second-order valence-electron chi connectivity index (χ2n) is 7.13. The molecule has 146 valence electrons. The van der Waals surface area contributed by atoms with E-state index in [-0.39, 0.29) is 11.7 Å². The van der Waals surface area contributed by atoms with Crippen LogP contribution in [0.15, 0.2) is 6.33 Å². The molecule has 2 saturated carbocycles. The first kappa shape index (κ1) is 18.2. The summed E-state index contributed by atoms with van der Waals surface area (Å²) in [6, 6.07) is -1.06. The fourth-order valence-electron chi connectivity index (χ4n) is 4.08. The van der Waals surface area contributed by atoms with Crippen molar-refractivity contribution in [3.05, 3.63) is 11.6 Å². The van der Waals surface area contributed by atoms with Crippen LogP contribution in [-0.4, -0.2) is 65.2 Å². The fourth-order valence-corrected chi connectivity index (χ4v) is 4.25. The zero-order valence-electron chi connectivity index (χ0n) is 14.4. The molecule has 0 bridgehead atoms. The maximum Gasteiger partial charge on any atom is 0.404 e. The summed E-state index contributed by atoms with van der Waals surface area (Å²) in [7, 11) is 0. The molecule has 2 aromatic heterocycles. The molecule has 2 aliphatic carbocycles. The van der Waals surface area contributed by atoms with Crippen molar-refractivity contribution in [2.75, 3.05) is 5.32 Å². The minimum atomic E-state index is -1.25. The first-order valence-corrected chi connectivity index (χ1v) is 9.34. The number of rotatable bonds is 4. The molecular formula is C16H21ClN6O4. The third-order valence-corrected chi connectivity index (χ3v) is 5.58. The second-order valence-corrected chi connectivity index (χ2v) is 7.47. The van der Waals surface area contributed by atoms with Gasteiger partial charge in [-0.15, -0.1) is 0 Å². The summed E-state index contributed by atoms with van der Waals surface area (Å²) in [5, 5.41) is 35.1. The van der Waals surface area contributed by atoms with Gasteiger partial charge < -0.3 is 30.5 Å². The van der Waals surface area contributed by atoms with Gasteiger partial charge in [0.15, 0.2) is 17.0 Å². The van der Waals surface area contributed by atoms with Crippen molar-refractivity contribution in [2.45, 2.75) is 62.4 Å². The topological polar surface area (TPSA) is 145 Å². The number of anilines is 1. The molecule has 0 aromatic carbocycles. The Labute approximate surface area is 159 Å².